The van der Waals surface area contributed by atoms with E-state index in [4.69, 9.17) is 4.74 Å². The van der Waals surface area contributed by atoms with Crippen LogP contribution in [0.25, 0.3) is 0 Å². The van der Waals surface area contributed by atoms with Crippen molar-refractivity contribution in [3.8, 4) is 5.75 Å². The summed E-state index contributed by atoms with van der Waals surface area (Å²) in [6.45, 7) is 7.28. The Balaban J connectivity index is 2.19. The zero-order valence-corrected chi connectivity index (χ0v) is 14.0. The van der Waals surface area contributed by atoms with E-state index in [0.717, 1.165) is 22.5 Å². The van der Waals surface area contributed by atoms with E-state index in [0.29, 0.717) is 0 Å². The summed E-state index contributed by atoms with van der Waals surface area (Å²) in [6.07, 6.45) is 0. The van der Waals surface area contributed by atoms with Gasteiger partial charge in [-0.1, -0.05) is 33.6 Å². The van der Waals surface area contributed by atoms with Gasteiger partial charge in [-0.15, -0.1) is 0 Å². The number of ether oxygens (including phenoxy) is 1. The Kier molecular flexibility index (Phi) is 4.71. The molecular formula is C17H20BrNO. The summed E-state index contributed by atoms with van der Waals surface area (Å²) in [5.74, 6) is 0.847. The minimum atomic E-state index is 0.817. The van der Waals surface area contributed by atoms with Crippen molar-refractivity contribution in [1.29, 1.82) is 0 Å². The number of hydrogen-bond acceptors (Lipinski definition) is 2. The van der Waals surface area contributed by atoms with Crippen molar-refractivity contribution in [3.05, 3.63) is 57.1 Å². The van der Waals surface area contributed by atoms with Crippen molar-refractivity contribution in [2.24, 2.45) is 0 Å². The third-order valence-electron chi connectivity index (χ3n) is 3.42. The molecule has 3 heteroatoms. The molecule has 0 heterocycles. The molecule has 2 rings (SSSR count). The molecule has 0 unspecified atom stereocenters. The first kappa shape index (κ1) is 14.9. The highest BCUT2D eigenvalue weighted by atomic mass is 79.9. The first-order valence-electron chi connectivity index (χ1n) is 6.65. The van der Waals surface area contributed by atoms with Crippen LogP contribution in [0.15, 0.2) is 34.8 Å². The average Bonchev–Trinajstić information content (AvgIpc) is 2.36. The molecule has 0 aliphatic carbocycles. The molecule has 2 aromatic carbocycles. The topological polar surface area (TPSA) is 21.3 Å². The summed E-state index contributed by atoms with van der Waals surface area (Å²) in [5, 5.41) is 3.47. The maximum Gasteiger partial charge on any atom is 0.122 e. The van der Waals surface area contributed by atoms with Crippen molar-refractivity contribution in [1.82, 2.24) is 0 Å². The second-order valence-corrected chi connectivity index (χ2v) is 6.03. The summed E-state index contributed by atoms with van der Waals surface area (Å²) in [5.41, 5.74) is 6.38. The molecule has 0 saturated heterocycles. The molecule has 20 heavy (non-hydrogen) atoms. The first-order valence-corrected chi connectivity index (χ1v) is 7.44. The van der Waals surface area contributed by atoms with Gasteiger partial charge >= 0.3 is 0 Å². The molecule has 2 nitrogen and oxygen atoms in total. The Labute approximate surface area is 129 Å². The molecule has 0 aliphatic rings. The normalized spacial score (nSPS) is 10.4. The van der Waals surface area contributed by atoms with Crippen molar-refractivity contribution < 1.29 is 4.74 Å². The lowest BCUT2D eigenvalue weighted by molar-refractivity contribution is 0.414. The van der Waals surface area contributed by atoms with Crippen LogP contribution in [-0.2, 0) is 6.54 Å². The van der Waals surface area contributed by atoms with Gasteiger partial charge in [-0.25, -0.2) is 0 Å². The summed E-state index contributed by atoms with van der Waals surface area (Å²) in [7, 11) is 1.68. The fourth-order valence-corrected chi connectivity index (χ4v) is 2.93. The van der Waals surface area contributed by atoms with Gasteiger partial charge in [-0.05, 0) is 49.6 Å². The van der Waals surface area contributed by atoms with Crippen LogP contribution in [0.4, 0.5) is 5.69 Å². The third kappa shape index (κ3) is 3.54. The van der Waals surface area contributed by atoms with Gasteiger partial charge in [0.1, 0.15) is 5.75 Å². The zero-order chi connectivity index (χ0) is 14.7. The predicted molar refractivity (Wildman–Crippen MR) is 88.7 cm³/mol. The maximum absolute atomic E-state index is 5.28. The smallest absolute Gasteiger partial charge is 0.122 e. The van der Waals surface area contributed by atoms with Gasteiger partial charge in [0.15, 0.2) is 0 Å². The summed E-state index contributed by atoms with van der Waals surface area (Å²) in [6, 6.07) is 10.5. The van der Waals surface area contributed by atoms with E-state index in [1.807, 2.05) is 12.1 Å². The fraction of sp³-hybridized carbons (Fsp3) is 0.294. The van der Waals surface area contributed by atoms with Crippen LogP contribution < -0.4 is 10.1 Å². The maximum atomic E-state index is 5.28. The van der Waals surface area contributed by atoms with E-state index in [9.17, 15) is 0 Å². The quantitative estimate of drug-likeness (QED) is 0.850. The second kappa shape index (κ2) is 6.31. The van der Waals surface area contributed by atoms with Crippen LogP contribution in [0.2, 0.25) is 0 Å². The van der Waals surface area contributed by atoms with E-state index in [-0.39, 0.29) is 0 Å². The Morgan fingerprint density at radius 1 is 1.00 bits per heavy atom. The van der Waals surface area contributed by atoms with Gasteiger partial charge < -0.3 is 10.1 Å². The molecule has 0 spiro atoms. The lowest BCUT2D eigenvalue weighted by Gasteiger charge is -2.14. The van der Waals surface area contributed by atoms with Crippen LogP contribution in [-0.4, -0.2) is 7.11 Å². The molecule has 0 radical (unpaired) electrons. The van der Waals surface area contributed by atoms with E-state index in [2.05, 4.69) is 60.2 Å². The average molecular weight is 334 g/mol. The number of hydrogen-bond donors (Lipinski definition) is 1. The van der Waals surface area contributed by atoms with E-state index in [1.54, 1.807) is 7.11 Å². The zero-order valence-electron chi connectivity index (χ0n) is 12.4. The molecule has 0 bridgehead atoms. The Bertz CT molecular complexity index is 599. The summed E-state index contributed by atoms with van der Waals surface area (Å²) >= 11 is 3.50. The lowest BCUT2D eigenvalue weighted by Crippen LogP contribution is -2.04. The highest BCUT2D eigenvalue weighted by Gasteiger charge is 2.05. The number of rotatable bonds is 4. The fourth-order valence-electron chi connectivity index (χ4n) is 2.46. The van der Waals surface area contributed by atoms with Crippen LogP contribution in [0.3, 0.4) is 0 Å². The van der Waals surface area contributed by atoms with Crippen molar-refractivity contribution in [3.63, 3.8) is 0 Å². The van der Waals surface area contributed by atoms with Gasteiger partial charge in [0.2, 0.25) is 0 Å². The molecular weight excluding hydrogens is 314 g/mol. The lowest BCUT2D eigenvalue weighted by atomic mass is 10.00. The number of methoxy groups -OCH3 is 1. The minimum absolute atomic E-state index is 0.817. The molecule has 0 atom stereocenters. The highest BCUT2D eigenvalue weighted by molar-refractivity contribution is 9.10. The Morgan fingerprint density at radius 2 is 1.65 bits per heavy atom. The highest BCUT2D eigenvalue weighted by Crippen LogP contribution is 2.25. The van der Waals surface area contributed by atoms with Gasteiger partial charge in [-0.2, -0.15) is 0 Å². The third-order valence-corrected chi connectivity index (χ3v) is 3.87. The predicted octanol–water partition coefficient (Wildman–Crippen LogP) is 5.00. The van der Waals surface area contributed by atoms with Gasteiger partial charge in [0.25, 0.3) is 0 Å². The molecule has 0 aliphatic heterocycles. The van der Waals surface area contributed by atoms with Crippen LogP contribution >= 0.6 is 15.9 Å². The molecule has 2 aromatic rings. The molecule has 0 saturated carbocycles. The molecule has 106 valence electrons. The number of anilines is 1. The van der Waals surface area contributed by atoms with E-state index in [1.165, 1.54) is 22.3 Å². The van der Waals surface area contributed by atoms with Crippen molar-refractivity contribution in [2.75, 3.05) is 12.4 Å². The van der Waals surface area contributed by atoms with Crippen LogP contribution in [0, 0.1) is 20.8 Å². The van der Waals surface area contributed by atoms with Gasteiger partial charge in [-0.3, -0.25) is 0 Å². The summed E-state index contributed by atoms with van der Waals surface area (Å²) < 4.78 is 6.29. The van der Waals surface area contributed by atoms with E-state index >= 15 is 0 Å². The Hall–Kier alpha value is -1.48. The molecule has 0 fully saturated rings. The van der Waals surface area contributed by atoms with Gasteiger partial charge in [0.05, 0.1) is 7.11 Å². The Morgan fingerprint density at radius 3 is 2.25 bits per heavy atom. The van der Waals surface area contributed by atoms with Crippen LogP contribution in [0.1, 0.15) is 22.3 Å². The van der Waals surface area contributed by atoms with Crippen molar-refractivity contribution in [2.45, 2.75) is 27.3 Å². The number of halogens is 1. The largest absolute Gasteiger partial charge is 0.497 e. The van der Waals surface area contributed by atoms with E-state index < -0.39 is 0 Å². The molecule has 1 N–H and O–H groups in total. The first-order chi connectivity index (χ1) is 9.49. The minimum Gasteiger partial charge on any atom is -0.497 e. The monoisotopic (exact) mass is 333 g/mol. The number of benzene rings is 2. The standard InChI is InChI=1S/C17H20BrNO/c1-11-5-12(2)17(13(3)6-11)10-19-15-7-14(18)8-16(9-15)20-4/h5-9,19H,10H2,1-4H3. The van der Waals surface area contributed by atoms with Gasteiger partial charge in [0, 0.05) is 22.8 Å². The number of aryl methyl sites for hydroxylation is 3. The SMILES string of the molecule is COc1cc(Br)cc(NCc2c(C)cc(C)cc2C)c1. The number of nitrogens with one attached hydrogen (secondary N) is 1. The molecule has 0 amide bonds. The summed E-state index contributed by atoms with van der Waals surface area (Å²) in [4.78, 5) is 0. The van der Waals surface area contributed by atoms with Crippen LogP contribution in [0.5, 0.6) is 5.75 Å². The van der Waals surface area contributed by atoms with Crippen molar-refractivity contribution >= 4 is 21.6 Å². The molecule has 0 aromatic heterocycles. The second-order valence-electron chi connectivity index (χ2n) is 5.11.